The van der Waals surface area contributed by atoms with E-state index in [-0.39, 0.29) is 55.9 Å². The third-order valence-electron chi connectivity index (χ3n) is 8.68. The third kappa shape index (κ3) is 12.4. The maximum absolute atomic E-state index is 13.0. The van der Waals surface area contributed by atoms with E-state index in [1.54, 1.807) is 12.1 Å². The van der Waals surface area contributed by atoms with Crippen molar-refractivity contribution in [1.82, 2.24) is 0 Å². The van der Waals surface area contributed by atoms with Crippen molar-refractivity contribution in [3.05, 3.63) is 97.1 Å². The lowest BCUT2D eigenvalue weighted by Crippen LogP contribution is -2.08. The molecule has 0 heterocycles. The Morgan fingerprint density at radius 2 is 0.892 bits per heavy atom. The number of sulfone groups is 1. The summed E-state index contributed by atoms with van der Waals surface area (Å²) >= 11 is 1.04. The number of nitrogens with zero attached hydrogens (tertiary/aromatic N) is 4. The molecule has 6 N–H and O–H groups in total. The van der Waals surface area contributed by atoms with Crippen LogP contribution in [0, 0.1) is 0 Å². The van der Waals surface area contributed by atoms with Crippen LogP contribution in [0.3, 0.4) is 0 Å². The molecule has 0 saturated carbocycles. The van der Waals surface area contributed by atoms with E-state index >= 15 is 0 Å². The van der Waals surface area contributed by atoms with E-state index in [4.69, 9.17) is 4.18 Å². The number of phenolic OH excluding ortho intramolecular Hbond substituents is 2. The highest BCUT2D eigenvalue weighted by atomic mass is 33.1. The zero-order chi connectivity index (χ0) is 47.5. The average molecular weight is 1050 g/mol. The van der Waals surface area contributed by atoms with Crippen molar-refractivity contribution in [1.29, 1.82) is 0 Å². The van der Waals surface area contributed by atoms with Gasteiger partial charge in [-0.2, -0.15) is 43.9 Å². The average Bonchev–Trinajstić information content (AvgIpc) is 3.22. The second kappa shape index (κ2) is 19.6. The van der Waals surface area contributed by atoms with Crippen LogP contribution in [0.5, 0.6) is 11.5 Å². The zero-order valence-corrected chi connectivity index (χ0v) is 38.8. The Morgan fingerprint density at radius 3 is 1.32 bits per heavy atom. The normalized spacial score (nSPS) is 13.1. The van der Waals surface area contributed by atoms with E-state index in [1.165, 1.54) is 64.1 Å². The van der Waals surface area contributed by atoms with Gasteiger partial charge in [0.05, 0.1) is 38.4 Å². The van der Waals surface area contributed by atoms with E-state index in [0.29, 0.717) is 10.6 Å². The summed E-state index contributed by atoms with van der Waals surface area (Å²) in [4.78, 5) is -2.48. The summed E-state index contributed by atoms with van der Waals surface area (Å²) in [5.74, 6) is -1.42. The molecule has 0 bridgehead atoms. The third-order valence-corrected chi connectivity index (χ3v) is 17.2. The van der Waals surface area contributed by atoms with Gasteiger partial charge in [-0.15, -0.1) is 10.2 Å². The van der Waals surface area contributed by atoms with Crippen molar-refractivity contribution in [3.63, 3.8) is 0 Å². The fourth-order valence-corrected chi connectivity index (χ4v) is 12.4. The highest BCUT2D eigenvalue weighted by Crippen LogP contribution is 2.43. The molecule has 21 nitrogen and oxygen atoms in total. The second-order valence-electron chi connectivity index (χ2n) is 13.1. The Balaban J connectivity index is 0.982. The van der Waals surface area contributed by atoms with E-state index in [1.807, 2.05) is 0 Å². The van der Waals surface area contributed by atoms with Gasteiger partial charge < -0.3 is 14.4 Å². The van der Waals surface area contributed by atoms with Gasteiger partial charge in [-0.3, -0.25) is 18.2 Å². The molecule has 65 heavy (non-hydrogen) atoms. The molecule has 0 saturated heterocycles. The second-order valence-corrected chi connectivity index (χ2v) is 24.4. The molecule has 0 aliphatic rings. The smallest absolute Gasteiger partial charge is 0.298 e. The van der Waals surface area contributed by atoms with E-state index < -0.39 is 92.8 Å². The van der Waals surface area contributed by atoms with Crippen molar-refractivity contribution in [2.24, 2.45) is 20.5 Å². The minimum atomic E-state index is -5.03. The van der Waals surface area contributed by atoms with Gasteiger partial charge in [-0.25, -0.2) is 8.42 Å². The van der Waals surface area contributed by atoms with Gasteiger partial charge >= 0.3 is 0 Å². The van der Waals surface area contributed by atoms with Crippen LogP contribution in [-0.2, 0) is 54.5 Å². The Labute approximate surface area is 382 Å². The molecule has 344 valence electrons. The van der Waals surface area contributed by atoms with Crippen molar-refractivity contribution in [2.75, 3.05) is 23.9 Å². The highest BCUT2D eigenvalue weighted by molar-refractivity contribution is 8.76. The SMILES string of the molecule is O=S(=O)(O)c1ccc2c(N=Nc3ccc(SOCCSSCCS(=O)(=O)c4ccc(N=Nc5c(O)c(S(=O)(=O)O)cc6cc(S(=O)(=O)O)ccc56)cc4)cc3)c(O)c(S(=O)(=O)O)cc2c1. The molecular formula is C36H30N4O17S8. The highest BCUT2D eigenvalue weighted by Gasteiger charge is 2.25. The summed E-state index contributed by atoms with van der Waals surface area (Å²) in [6.45, 7) is 0.279. The number of phenols is 2. The van der Waals surface area contributed by atoms with Gasteiger partial charge in [0.25, 0.3) is 40.5 Å². The van der Waals surface area contributed by atoms with Gasteiger partial charge in [0.15, 0.2) is 21.3 Å². The summed E-state index contributed by atoms with van der Waals surface area (Å²) in [6.07, 6.45) is 0. The fourth-order valence-electron chi connectivity index (χ4n) is 5.64. The van der Waals surface area contributed by atoms with Crippen LogP contribution in [0.25, 0.3) is 21.5 Å². The molecule has 0 amide bonds. The van der Waals surface area contributed by atoms with Crippen LogP contribution in [0.15, 0.2) is 147 Å². The maximum atomic E-state index is 13.0. The molecule has 0 aromatic heterocycles. The Kier molecular flexibility index (Phi) is 15.0. The van der Waals surface area contributed by atoms with Crippen LogP contribution in [0.1, 0.15) is 0 Å². The van der Waals surface area contributed by atoms with Crippen LogP contribution in [0.4, 0.5) is 22.7 Å². The number of benzene rings is 6. The van der Waals surface area contributed by atoms with Gasteiger partial charge in [-0.1, -0.05) is 33.7 Å². The summed E-state index contributed by atoms with van der Waals surface area (Å²) in [5, 5.41) is 36.9. The fraction of sp³-hybridized carbons (Fsp3) is 0.111. The number of hydrogen-bond donors (Lipinski definition) is 6. The van der Waals surface area contributed by atoms with E-state index in [2.05, 4.69) is 20.5 Å². The first-order valence-corrected chi connectivity index (χ1v) is 28.3. The Bertz CT molecular complexity index is 3460. The summed E-state index contributed by atoms with van der Waals surface area (Å²) < 4.78 is 164. The van der Waals surface area contributed by atoms with Crippen molar-refractivity contribution >= 4 is 128 Å². The van der Waals surface area contributed by atoms with Crippen molar-refractivity contribution in [3.8, 4) is 11.5 Å². The van der Waals surface area contributed by atoms with Crippen LogP contribution in [-0.4, -0.2) is 94.4 Å². The van der Waals surface area contributed by atoms with Crippen molar-refractivity contribution in [2.45, 2.75) is 29.4 Å². The summed E-state index contributed by atoms with van der Waals surface area (Å²) in [5.41, 5.74) is -0.499. The largest absolute Gasteiger partial charge is 0.504 e. The lowest BCUT2D eigenvalue weighted by atomic mass is 10.1. The first kappa shape index (κ1) is 49.7. The first-order chi connectivity index (χ1) is 30.3. The predicted octanol–water partition coefficient (Wildman–Crippen LogP) is 8.10. The molecule has 0 radical (unpaired) electrons. The molecular weight excluding hydrogens is 1020 g/mol. The lowest BCUT2D eigenvalue weighted by Gasteiger charge is -2.09. The Morgan fingerprint density at radius 1 is 0.477 bits per heavy atom. The summed E-state index contributed by atoms with van der Waals surface area (Å²) in [7, 11) is -20.4. The van der Waals surface area contributed by atoms with Crippen LogP contribution < -0.4 is 0 Å². The Hall–Kier alpha value is -4.76. The zero-order valence-electron chi connectivity index (χ0n) is 32.3. The van der Waals surface area contributed by atoms with Gasteiger partial charge in [-0.05, 0) is 95.7 Å². The molecule has 29 heteroatoms. The lowest BCUT2D eigenvalue weighted by molar-refractivity contribution is 0.406. The number of hydrogen-bond acceptors (Lipinski definition) is 20. The molecule has 0 unspecified atom stereocenters. The maximum Gasteiger partial charge on any atom is 0.298 e. The quantitative estimate of drug-likeness (QED) is 0.0156. The van der Waals surface area contributed by atoms with Crippen LogP contribution in [0.2, 0.25) is 0 Å². The molecule has 6 aromatic rings. The monoisotopic (exact) mass is 1050 g/mol. The topological polar surface area (TPSA) is 351 Å². The summed E-state index contributed by atoms with van der Waals surface area (Å²) in [6, 6.07) is 19.3. The molecule has 0 spiro atoms. The molecule has 6 aromatic carbocycles. The number of rotatable bonds is 18. The predicted molar refractivity (Wildman–Crippen MR) is 240 cm³/mol. The first-order valence-electron chi connectivity index (χ1n) is 17.6. The van der Waals surface area contributed by atoms with Gasteiger partial charge in [0, 0.05) is 39.2 Å². The van der Waals surface area contributed by atoms with Crippen molar-refractivity contribution < 1.29 is 74.7 Å². The molecule has 0 atom stereocenters. The molecule has 6 rings (SSSR count). The number of fused-ring (bicyclic) bond motifs is 2. The van der Waals surface area contributed by atoms with E-state index in [0.717, 1.165) is 54.5 Å². The van der Waals surface area contributed by atoms with Crippen LogP contribution >= 0.6 is 33.6 Å². The number of azo groups is 2. The molecule has 0 aliphatic carbocycles. The number of aromatic hydroxyl groups is 2. The van der Waals surface area contributed by atoms with Gasteiger partial charge in [0.1, 0.15) is 21.2 Å². The minimum absolute atomic E-state index is 0.0109. The minimum Gasteiger partial charge on any atom is -0.504 e. The van der Waals surface area contributed by atoms with Gasteiger partial charge in [0.2, 0.25) is 0 Å². The molecule has 0 aliphatic heterocycles. The van der Waals surface area contributed by atoms with E-state index in [9.17, 15) is 70.5 Å². The standard InChI is InChI=1S/C36H30N4O17S8/c41-35-31(64(51,52)53)19-21-17-27(62(45,46)47)9-11-29(21)33(35)39-37-23-1-5-25(6-2-23)60-57-13-14-58-59-15-16-61(43,44)26-7-3-24(4-8-26)38-40-34-30-12-10-28(63(48,49)50)18-22(30)20-32(36(34)42)65(54,55)56/h1-12,17-20,41-42H,13-16H2,(H,45,46,47)(H,48,49,50)(H,51,52,53)(H,54,55,56). The molecule has 0 fully saturated rings.